The normalized spacial score (nSPS) is 10.4. The lowest BCUT2D eigenvalue weighted by Gasteiger charge is -2.17. The standard InChI is InChI=1S/C13H22N4O2/c1-5-14-12-11(9(3)4)13(17-8-16-12)15-7-10(18)19-6-2/h8-9H,5-7H2,1-4H3,(H2,14,15,16,17). The molecule has 0 amide bonds. The minimum Gasteiger partial charge on any atom is -0.465 e. The van der Waals surface area contributed by atoms with Crippen LogP contribution in [0.3, 0.4) is 0 Å². The minimum absolute atomic E-state index is 0.107. The number of nitrogens with one attached hydrogen (secondary N) is 2. The molecule has 106 valence electrons. The Morgan fingerprint density at radius 3 is 2.42 bits per heavy atom. The fourth-order valence-electron chi connectivity index (χ4n) is 1.76. The molecule has 1 heterocycles. The lowest BCUT2D eigenvalue weighted by atomic mass is 10.0. The van der Waals surface area contributed by atoms with E-state index in [1.807, 2.05) is 6.92 Å². The molecule has 19 heavy (non-hydrogen) atoms. The van der Waals surface area contributed by atoms with E-state index in [1.54, 1.807) is 6.92 Å². The Labute approximate surface area is 114 Å². The zero-order chi connectivity index (χ0) is 14.3. The van der Waals surface area contributed by atoms with Gasteiger partial charge < -0.3 is 15.4 Å². The summed E-state index contributed by atoms with van der Waals surface area (Å²) in [6.07, 6.45) is 1.48. The van der Waals surface area contributed by atoms with Crippen molar-refractivity contribution in [3.63, 3.8) is 0 Å². The second kappa shape index (κ2) is 7.56. The average Bonchev–Trinajstić information content (AvgIpc) is 2.37. The van der Waals surface area contributed by atoms with Gasteiger partial charge >= 0.3 is 5.97 Å². The highest BCUT2D eigenvalue weighted by Gasteiger charge is 2.15. The van der Waals surface area contributed by atoms with E-state index < -0.39 is 0 Å². The quantitative estimate of drug-likeness (QED) is 0.735. The van der Waals surface area contributed by atoms with Crippen LogP contribution in [0, 0.1) is 0 Å². The molecule has 0 radical (unpaired) electrons. The second-order valence-corrected chi connectivity index (χ2v) is 4.33. The first-order chi connectivity index (χ1) is 9.10. The predicted molar refractivity (Wildman–Crippen MR) is 75.4 cm³/mol. The van der Waals surface area contributed by atoms with Crippen LogP contribution in [-0.2, 0) is 9.53 Å². The summed E-state index contributed by atoms with van der Waals surface area (Å²) in [5.41, 5.74) is 0.980. The number of anilines is 2. The summed E-state index contributed by atoms with van der Waals surface area (Å²) in [5, 5.41) is 6.22. The van der Waals surface area contributed by atoms with E-state index in [9.17, 15) is 4.79 Å². The molecule has 0 fully saturated rings. The summed E-state index contributed by atoms with van der Waals surface area (Å²) >= 11 is 0. The Hall–Kier alpha value is -1.85. The predicted octanol–water partition coefficient (Wildman–Crippen LogP) is 2.01. The van der Waals surface area contributed by atoms with Crippen molar-refractivity contribution < 1.29 is 9.53 Å². The van der Waals surface area contributed by atoms with Crippen LogP contribution in [0.15, 0.2) is 6.33 Å². The van der Waals surface area contributed by atoms with Gasteiger partial charge in [-0.25, -0.2) is 9.97 Å². The van der Waals surface area contributed by atoms with Gasteiger partial charge in [-0.2, -0.15) is 0 Å². The minimum atomic E-state index is -0.291. The molecule has 1 aromatic rings. The molecule has 0 bridgehead atoms. The number of ether oxygens (including phenoxy) is 1. The Bertz CT molecular complexity index is 421. The van der Waals surface area contributed by atoms with Gasteiger partial charge in [0.1, 0.15) is 24.5 Å². The number of esters is 1. The van der Waals surface area contributed by atoms with Crippen LogP contribution >= 0.6 is 0 Å². The molecule has 2 N–H and O–H groups in total. The molecule has 0 spiro atoms. The van der Waals surface area contributed by atoms with E-state index in [0.29, 0.717) is 12.4 Å². The maximum atomic E-state index is 11.4. The first-order valence-corrected chi connectivity index (χ1v) is 6.58. The molecular weight excluding hydrogens is 244 g/mol. The molecule has 6 heteroatoms. The maximum Gasteiger partial charge on any atom is 0.325 e. The molecule has 0 aliphatic heterocycles. The fourth-order valence-corrected chi connectivity index (χ4v) is 1.76. The van der Waals surface area contributed by atoms with Gasteiger partial charge in [0.2, 0.25) is 0 Å². The summed E-state index contributed by atoms with van der Waals surface area (Å²) in [7, 11) is 0. The largest absolute Gasteiger partial charge is 0.465 e. The summed E-state index contributed by atoms with van der Waals surface area (Å²) in [4.78, 5) is 19.8. The SMILES string of the molecule is CCNc1ncnc(NCC(=O)OCC)c1C(C)C. The zero-order valence-corrected chi connectivity index (χ0v) is 12.0. The van der Waals surface area contributed by atoms with Gasteiger partial charge in [0.05, 0.1) is 6.61 Å². The van der Waals surface area contributed by atoms with E-state index in [2.05, 4.69) is 34.4 Å². The molecule has 0 aromatic carbocycles. The third-order valence-electron chi connectivity index (χ3n) is 2.51. The maximum absolute atomic E-state index is 11.4. The van der Waals surface area contributed by atoms with Crippen molar-refractivity contribution in [1.82, 2.24) is 9.97 Å². The third-order valence-corrected chi connectivity index (χ3v) is 2.51. The molecule has 0 saturated carbocycles. The van der Waals surface area contributed by atoms with E-state index >= 15 is 0 Å². The van der Waals surface area contributed by atoms with Crippen molar-refractivity contribution in [2.45, 2.75) is 33.6 Å². The number of aromatic nitrogens is 2. The van der Waals surface area contributed by atoms with Gasteiger partial charge in [-0.3, -0.25) is 4.79 Å². The van der Waals surface area contributed by atoms with Gasteiger partial charge in [-0.05, 0) is 19.8 Å². The highest BCUT2D eigenvalue weighted by atomic mass is 16.5. The lowest BCUT2D eigenvalue weighted by molar-refractivity contribution is -0.140. The van der Waals surface area contributed by atoms with E-state index in [1.165, 1.54) is 6.33 Å². The first-order valence-electron chi connectivity index (χ1n) is 6.58. The van der Waals surface area contributed by atoms with Crippen LogP contribution in [0.1, 0.15) is 39.2 Å². The fraction of sp³-hybridized carbons (Fsp3) is 0.615. The molecule has 0 unspecified atom stereocenters. The number of rotatable bonds is 7. The summed E-state index contributed by atoms with van der Waals surface area (Å²) < 4.78 is 4.88. The molecule has 6 nitrogen and oxygen atoms in total. The Morgan fingerprint density at radius 1 is 1.26 bits per heavy atom. The number of carbonyl (C=O) groups excluding carboxylic acids is 1. The molecule has 0 atom stereocenters. The van der Waals surface area contributed by atoms with Crippen molar-refractivity contribution in [2.24, 2.45) is 0 Å². The van der Waals surface area contributed by atoms with Crippen LogP contribution in [0.2, 0.25) is 0 Å². The van der Waals surface area contributed by atoms with Crippen molar-refractivity contribution >= 4 is 17.6 Å². The third kappa shape index (κ3) is 4.39. The van der Waals surface area contributed by atoms with Gasteiger partial charge in [0, 0.05) is 12.1 Å². The molecule has 0 saturated heterocycles. The van der Waals surface area contributed by atoms with E-state index in [4.69, 9.17) is 4.74 Å². The topological polar surface area (TPSA) is 76.1 Å². The molecule has 0 aliphatic rings. The van der Waals surface area contributed by atoms with Crippen LogP contribution in [0.5, 0.6) is 0 Å². The smallest absolute Gasteiger partial charge is 0.325 e. The van der Waals surface area contributed by atoms with Gasteiger partial charge in [-0.15, -0.1) is 0 Å². The van der Waals surface area contributed by atoms with Crippen LogP contribution in [-0.4, -0.2) is 35.6 Å². The van der Waals surface area contributed by atoms with Gasteiger partial charge in [0.25, 0.3) is 0 Å². The van der Waals surface area contributed by atoms with Crippen LogP contribution < -0.4 is 10.6 Å². The summed E-state index contributed by atoms with van der Waals surface area (Å²) in [5.74, 6) is 1.44. The van der Waals surface area contributed by atoms with Gasteiger partial charge in [-0.1, -0.05) is 13.8 Å². The highest BCUT2D eigenvalue weighted by molar-refractivity contribution is 5.75. The summed E-state index contributed by atoms with van der Waals surface area (Å²) in [6, 6.07) is 0. The average molecular weight is 266 g/mol. The molecule has 1 aromatic heterocycles. The van der Waals surface area contributed by atoms with Crippen molar-refractivity contribution in [1.29, 1.82) is 0 Å². The number of nitrogens with zero attached hydrogens (tertiary/aromatic N) is 2. The van der Waals surface area contributed by atoms with Crippen molar-refractivity contribution in [3.8, 4) is 0 Å². The number of carbonyl (C=O) groups is 1. The van der Waals surface area contributed by atoms with E-state index in [-0.39, 0.29) is 18.4 Å². The molecule has 1 rings (SSSR count). The number of hydrogen-bond acceptors (Lipinski definition) is 6. The van der Waals surface area contributed by atoms with Crippen LogP contribution in [0.4, 0.5) is 11.6 Å². The van der Waals surface area contributed by atoms with Crippen LogP contribution in [0.25, 0.3) is 0 Å². The molecule has 0 aliphatic carbocycles. The Kier molecular flexibility index (Phi) is 6.05. The molecular formula is C13H22N4O2. The van der Waals surface area contributed by atoms with Gasteiger partial charge in [0.15, 0.2) is 0 Å². The second-order valence-electron chi connectivity index (χ2n) is 4.33. The first kappa shape index (κ1) is 15.2. The Morgan fingerprint density at radius 2 is 1.89 bits per heavy atom. The van der Waals surface area contributed by atoms with Crippen molar-refractivity contribution in [3.05, 3.63) is 11.9 Å². The zero-order valence-electron chi connectivity index (χ0n) is 12.0. The summed E-state index contributed by atoms with van der Waals surface area (Å²) in [6.45, 7) is 9.20. The highest BCUT2D eigenvalue weighted by Crippen LogP contribution is 2.27. The van der Waals surface area contributed by atoms with E-state index in [0.717, 1.165) is 17.9 Å². The van der Waals surface area contributed by atoms with Crippen molar-refractivity contribution in [2.75, 3.05) is 30.3 Å². The number of hydrogen-bond donors (Lipinski definition) is 2. The lowest BCUT2D eigenvalue weighted by Crippen LogP contribution is -2.19. The monoisotopic (exact) mass is 266 g/mol. The Balaban J connectivity index is 2.87.